The highest BCUT2D eigenvalue weighted by molar-refractivity contribution is 5.95. The maximum absolute atomic E-state index is 12.7. The van der Waals surface area contributed by atoms with Crippen LogP contribution in [0.4, 0.5) is 0 Å². The van der Waals surface area contributed by atoms with Crippen molar-refractivity contribution >= 4 is 18.0 Å². The number of hydrogen-bond acceptors (Lipinski definition) is 6. The molecular weight excluding hydrogens is 348 g/mol. The van der Waals surface area contributed by atoms with Crippen molar-refractivity contribution in [2.75, 3.05) is 27.2 Å². The van der Waals surface area contributed by atoms with Gasteiger partial charge in [0, 0.05) is 31.7 Å². The maximum atomic E-state index is 12.7. The Morgan fingerprint density at radius 1 is 1.41 bits per heavy atom. The molecule has 142 valence electrons. The SMILES string of the molecule is CO/N=C/c1ccc(C(=O)N(C)C[C@H]2CCCN2C(=O)c2cocn2)cc1. The number of rotatable bonds is 6. The number of oxime groups is 1. The first-order valence-electron chi connectivity index (χ1n) is 8.71. The number of carbonyl (C=O) groups excluding carboxylic acids is 2. The summed E-state index contributed by atoms with van der Waals surface area (Å²) in [7, 11) is 3.22. The lowest BCUT2D eigenvalue weighted by atomic mass is 10.1. The summed E-state index contributed by atoms with van der Waals surface area (Å²) in [5, 5.41) is 3.70. The number of amides is 2. The molecule has 0 radical (unpaired) electrons. The summed E-state index contributed by atoms with van der Waals surface area (Å²) in [5.74, 6) is -0.250. The van der Waals surface area contributed by atoms with Gasteiger partial charge < -0.3 is 19.1 Å². The van der Waals surface area contributed by atoms with Gasteiger partial charge >= 0.3 is 0 Å². The molecule has 3 rings (SSSR count). The quantitative estimate of drug-likeness (QED) is 0.573. The Morgan fingerprint density at radius 2 is 2.19 bits per heavy atom. The molecule has 27 heavy (non-hydrogen) atoms. The topological polar surface area (TPSA) is 88.2 Å². The van der Waals surface area contributed by atoms with Crippen LogP contribution in [0.1, 0.15) is 39.3 Å². The average molecular weight is 370 g/mol. The van der Waals surface area contributed by atoms with E-state index >= 15 is 0 Å². The van der Waals surface area contributed by atoms with E-state index in [1.807, 2.05) is 0 Å². The van der Waals surface area contributed by atoms with Crippen LogP contribution in [0.15, 0.2) is 46.5 Å². The van der Waals surface area contributed by atoms with E-state index in [4.69, 9.17) is 4.42 Å². The van der Waals surface area contributed by atoms with Gasteiger partial charge in [0.05, 0.1) is 6.21 Å². The normalized spacial score (nSPS) is 16.7. The van der Waals surface area contributed by atoms with Crippen LogP contribution in [0, 0.1) is 0 Å². The van der Waals surface area contributed by atoms with Gasteiger partial charge in [-0.2, -0.15) is 0 Å². The molecule has 2 heterocycles. The highest BCUT2D eigenvalue weighted by Crippen LogP contribution is 2.21. The maximum Gasteiger partial charge on any atom is 0.276 e. The molecule has 0 N–H and O–H groups in total. The predicted octanol–water partition coefficient (Wildman–Crippen LogP) is 2.03. The van der Waals surface area contributed by atoms with Crippen molar-refractivity contribution in [3.8, 4) is 0 Å². The number of likely N-dealkylation sites (tertiary alicyclic amines) is 1. The van der Waals surface area contributed by atoms with Crippen molar-refractivity contribution in [3.63, 3.8) is 0 Å². The Kier molecular flexibility index (Phi) is 5.85. The fourth-order valence-corrected chi connectivity index (χ4v) is 3.20. The van der Waals surface area contributed by atoms with Crippen LogP contribution in [-0.2, 0) is 4.84 Å². The van der Waals surface area contributed by atoms with Crippen LogP contribution in [0.5, 0.6) is 0 Å². The number of benzene rings is 1. The zero-order valence-electron chi connectivity index (χ0n) is 15.4. The van der Waals surface area contributed by atoms with E-state index < -0.39 is 0 Å². The number of carbonyl (C=O) groups is 2. The molecule has 1 aromatic heterocycles. The number of oxazole rings is 1. The minimum atomic E-state index is -0.158. The molecule has 1 aliphatic rings. The molecule has 8 nitrogen and oxygen atoms in total. The lowest BCUT2D eigenvalue weighted by molar-refractivity contribution is 0.0645. The summed E-state index contributed by atoms with van der Waals surface area (Å²) in [6, 6.07) is 7.08. The van der Waals surface area contributed by atoms with Crippen LogP contribution in [0.25, 0.3) is 0 Å². The summed E-state index contributed by atoms with van der Waals surface area (Å²) in [5.41, 5.74) is 1.72. The lowest BCUT2D eigenvalue weighted by Gasteiger charge is -2.28. The highest BCUT2D eigenvalue weighted by Gasteiger charge is 2.32. The molecule has 0 aliphatic carbocycles. The van der Waals surface area contributed by atoms with Crippen molar-refractivity contribution in [1.82, 2.24) is 14.8 Å². The molecule has 1 saturated heterocycles. The molecule has 0 saturated carbocycles. The summed E-state index contributed by atoms with van der Waals surface area (Å²) in [6.07, 6.45) is 5.93. The smallest absolute Gasteiger partial charge is 0.276 e. The van der Waals surface area contributed by atoms with E-state index in [9.17, 15) is 9.59 Å². The van der Waals surface area contributed by atoms with Crippen LogP contribution < -0.4 is 0 Å². The first-order chi connectivity index (χ1) is 13.1. The van der Waals surface area contributed by atoms with Gasteiger partial charge in [-0.15, -0.1) is 0 Å². The van der Waals surface area contributed by atoms with Gasteiger partial charge in [0.1, 0.15) is 13.4 Å². The first kappa shape index (κ1) is 18.6. The van der Waals surface area contributed by atoms with Gasteiger partial charge in [0.15, 0.2) is 12.1 Å². The third-order valence-electron chi connectivity index (χ3n) is 4.59. The minimum Gasteiger partial charge on any atom is -0.451 e. The van der Waals surface area contributed by atoms with Crippen molar-refractivity contribution < 1.29 is 18.8 Å². The molecule has 0 spiro atoms. The molecule has 0 unspecified atom stereocenters. The minimum absolute atomic E-state index is 0.0312. The Balaban J connectivity index is 1.63. The van der Waals surface area contributed by atoms with Crippen molar-refractivity contribution in [1.29, 1.82) is 0 Å². The molecule has 2 aromatic rings. The van der Waals surface area contributed by atoms with Gasteiger partial charge in [-0.3, -0.25) is 9.59 Å². The third kappa shape index (κ3) is 4.33. The zero-order chi connectivity index (χ0) is 19.2. The monoisotopic (exact) mass is 370 g/mol. The van der Waals surface area contributed by atoms with E-state index in [0.29, 0.717) is 24.3 Å². The van der Waals surface area contributed by atoms with E-state index in [2.05, 4.69) is 15.0 Å². The highest BCUT2D eigenvalue weighted by atomic mass is 16.6. The second-order valence-electron chi connectivity index (χ2n) is 6.39. The average Bonchev–Trinajstić information content (AvgIpc) is 3.37. The molecule has 2 amide bonds. The molecule has 0 bridgehead atoms. The summed E-state index contributed by atoms with van der Waals surface area (Å²) >= 11 is 0. The van der Waals surface area contributed by atoms with E-state index in [1.54, 1.807) is 47.3 Å². The molecule has 8 heteroatoms. The van der Waals surface area contributed by atoms with E-state index in [-0.39, 0.29) is 17.9 Å². The Hall–Kier alpha value is -3.16. The van der Waals surface area contributed by atoms with Crippen molar-refractivity contribution in [2.45, 2.75) is 18.9 Å². The lowest BCUT2D eigenvalue weighted by Crippen LogP contribution is -2.44. The number of likely N-dealkylation sites (N-methyl/N-ethyl adjacent to an activating group) is 1. The first-order valence-corrected chi connectivity index (χ1v) is 8.71. The Morgan fingerprint density at radius 3 is 2.85 bits per heavy atom. The van der Waals surface area contributed by atoms with Gasteiger partial charge in [-0.05, 0) is 30.5 Å². The van der Waals surface area contributed by atoms with E-state index in [1.165, 1.54) is 19.8 Å². The van der Waals surface area contributed by atoms with Crippen LogP contribution in [0.2, 0.25) is 0 Å². The Bertz CT molecular complexity index is 802. The van der Waals surface area contributed by atoms with Crippen molar-refractivity contribution in [3.05, 3.63) is 53.7 Å². The van der Waals surface area contributed by atoms with Crippen LogP contribution in [0.3, 0.4) is 0 Å². The largest absolute Gasteiger partial charge is 0.451 e. The van der Waals surface area contributed by atoms with Gasteiger partial charge in [0.2, 0.25) is 0 Å². The van der Waals surface area contributed by atoms with Crippen LogP contribution >= 0.6 is 0 Å². The summed E-state index contributed by atoms with van der Waals surface area (Å²) < 4.78 is 4.90. The molecule has 1 fully saturated rings. The third-order valence-corrected chi connectivity index (χ3v) is 4.59. The van der Waals surface area contributed by atoms with Crippen LogP contribution in [-0.4, -0.2) is 66.1 Å². The van der Waals surface area contributed by atoms with E-state index in [0.717, 1.165) is 18.4 Å². The second kappa shape index (κ2) is 8.48. The fraction of sp³-hybridized carbons (Fsp3) is 0.368. The molecule has 1 aliphatic heterocycles. The fourth-order valence-electron chi connectivity index (χ4n) is 3.20. The molecule has 1 aromatic carbocycles. The van der Waals surface area contributed by atoms with Gasteiger partial charge in [-0.25, -0.2) is 4.98 Å². The molecular formula is C19H22N4O4. The number of nitrogens with zero attached hydrogens (tertiary/aromatic N) is 4. The zero-order valence-corrected chi connectivity index (χ0v) is 15.4. The number of hydrogen-bond donors (Lipinski definition) is 0. The standard InChI is InChI=1S/C19H22N4O4/c1-22(18(24)15-7-5-14(6-8-15)10-21-26-2)11-16-4-3-9-23(16)19(25)17-12-27-13-20-17/h5-8,10,12-13,16H,3-4,9,11H2,1-2H3/b21-10+/t16-/m1/s1. The predicted molar refractivity (Wildman–Crippen MR) is 98.6 cm³/mol. The Labute approximate surface area is 157 Å². The van der Waals surface area contributed by atoms with Gasteiger partial charge in [0.25, 0.3) is 11.8 Å². The van der Waals surface area contributed by atoms with Gasteiger partial charge in [-0.1, -0.05) is 17.3 Å². The second-order valence-corrected chi connectivity index (χ2v) is 6.39. The summed E-state index contributed by atoms with van der Waals surface area (Å²) in [4.78, 5) is 37.2. The summed E-state index contributed by atoms with van der Waals surface area (Å²) in [6.45, 7) is 1.13. The van der Waals surface area contributed by atoms with Crippen molar-refractivity contribution in [2.24, 2.45) is 5.16 Å². The number of aromatic nitrogens is 1. The molecule has 1 atom stereocenters.